The van der Waals surface area contributed by atoms with Crippen LogP contribution in [0.3, 0.4) is 0 Å². The minimum Gasteiger partial charge on any atom is -0.328 e. The molecule has 0 spiro atoms. The van der Waals surface area contributed by atoms with Gasteiger partial charge in [-0.15, -0.1) is 0 Å². The highest BCUT2D eigenvalue weighted by Crippen LogP contribution is 2.17. The van der Waals surface area contributed by atoms with Gasteiger partial charge in [0.15, 0.2) is 5.82 Å². The fourth-order valence-electron chi connectivity index (χ4n) is 1.57. The topological polar surface area (TPSA) is 43.6 Å². The average molecular weight is 237 g/mol. The van der Waals surface area contributed by atoms with Gasteiger partial charge in [0.2, 0.25) is 0 Å². The number of nitrogens with zero attached hydrogens (tertiary/aromatic N) is 4. The molecular weight excluding hydrogens is 224 g/mol. The molecule has 0 atom stereocenters. The molecule has 2 rings (SSSR count). The van der Waals surface area contributed by atoms with E-state index in [1.165, 1.54) is 0 Å². The van der Waals surface area contributed by atoms with E-state index in [1.54, 1.807) is 18.6 Å². The fraction of sp³-hybridized carbons (Fsp3) is 0.364. The Morgan fingerprint density at radius 1 is 1.38 bits per heavy atom. The van der Waals surface area contributed by atoms with Crippen molar-refractivity contribution in [3.63, 3.8) is 0 Å². The molecule has 0 radical (unpaired) electrons. The van der Waals surface area contributed by atoms with E-state index in [1.807, 2.05) is 11.5 Å². The molecule has 4 nitrogen and oxygen atoms in total. The van der Waals surface area contributed by atoms with E-state index in [4.69, 9.17) is 11.6 Å². The Labute approximate surface area is 99.3 Å². The number of halogens is 1. The molecule has 0 aromatic carbocycles. The third kappa shape index (κ3) is 2.22. The van der Waals surface area contributed by atoms with Crippen LogP contribution in [0.2, 0.25) is 5.15 Å². The van der Waals surface area contributed by atoms with Crippen LogP contribution in [0.1, 0.15) is 19.0 Å². The largest absolute Gasteiger partial charge is 0.328 e. The molecule has 0 amide bonds. The summed E-state index contributed by atoms with van der Waals surface area (Å²) >= 11 is 5.92. The Hall–Kier alpha value is -1.42. The van der Waals surface area contributed by atoms with E-state index >= 15 is 0 Å². The number of imidazole rings is 1. The van der Waals surface area contributed by atoms with Crippen LogP contribution in [0.4, 0.5) is 0 Å². The highest BCUT2D eigenvalue weighted by Gasteiger charge is 2.08. The first kappa shape index (κ1) is 11.1. The molecule has 0 fully saturated rings. The van der Waals surface area contributed by atoms with Crippen molar-refractivity contribution >= 4 is 11.6 Å². The monoisotopic (exact) mass is 236 g/mol. The summed E-state index contributed by atoms with van der Waals surface area (Å²) in [4.78, 5) is 12.7. The van der Waals surface area contributed by atoms with Gasteiger partial charge < -0.3 is 4.57 Å². The summed E-state index contributed by atoms with van der Waals surface area (Å²) in [6, 6.07) is 1.74. The van der Waals surface area contributed by atoms with Gasteiger partial charge >= 0.3 is 0 Å². The lowest BCUT2D eigenvalue weighted by atomic mass is 10.3. The van der Waals surface area contributed by atoms with E-state index in [0.29, 0.717) is 11.0 Å². The molecule has 0 bridgehead atoms. The Kier molecular flexibility index (Phi) is 3.19. The third-order valence-electron chi connectivity index (χ3n) is 2.23. The highest BCUT2D eigenvalue weighted by atomic mass is 35.5. The van der Waals surface area contributed by atoms with Crippen LogP contribution >= 0.6 is 11.6 Å². The van der Waals surface area contributed by atoms with Crippen LogP contribution in [0.5, 0.6) is 0 Å². The quantitative estimate of drug-likeness (QED) is 0.770. The second-order valence-electron chi connectivity index (χ2n) is 3.63. The van der Waals surface area contributed by atoms with Gasteiger partial charge in [-0.1, -0.05) is 18.5 Å². The summed E-state index contributed by atoms with van der Waals surface area (Å²) in [6.45, 7) is 4.93. The molecule has 5 heteroatoms. The summed E-state index contributed by atoms with van der Waals surface area (Å²) in [5, 5.41) is 0.465. The minimum absolute atomic E-state index is 0.465. The molecule has 0 saturated carbocycles. The van der Waals surface area contributed by atoms with Crippen LogP contribution in [-0.4, -0.2) is 19.5 Å². The van der Waals surface area contributed by atoms with Gasteiger partial charge in [-0.25, -0.2) is 15.0 Å². The number of aryl methyl sites for hydroxylation is 2. The molecule has 16 heavy (non-hydrogen) atoms. The molecule has 0 saturated heterocycles. The zero-order chi connectivity index (χ0) is 11.5. The van der Waals surface area contributed by atoms with Gasteiger partial charge in [-0.3, -0.25) is 0 Å². The maximum atomic E-state index is 5.92. The molecule has 0 aliphatic rings. The number of rotatable bonds is 3. The zero-order valence-electron chi connectivity index (χ0n) is 9.31. The van der Waals surface area contributed by atoms with Gasteiger partial charge in [0.05, 0.1) is 12.5 Å². The van der Waals surface area contributed by atoms with Crippen molar-refractivity contribution in [2.45, 2.75) is 26.8 Å². The van der Waals surface area contributed by atoms with Gasteiger partial charge in [-0.05, 0) is 19.4 Å². The average Bonchev–Trinajstić information content (AvgIpc) is 2.65. The van der Waals surface area contributed by atoms with E-state index in [0.717, 1.165) is 24.4 Å². The maximum absolute atomic E-state index is 5.92. The Balaban J connectivity index is 2.45. The van der Waals surface area contributed by atoms with Crippen molar-refractivity contribution < 1.29 is 0 Å². The fourth-order valence-corrected chi connectivity index (χ4v) is 1.81. The second kappa shape index (κ2) is 4.61. The molecule has 0 aliphatic carbocycles. The van der Waals surface area contributed by atoms with Gasteiger partial charge in [0, 0.05) is 12.2 Å². The van der Waals surface area contributed by atoms with Crippen LogP contribution in [-0.2, 0) is 6.54 Å². The number of aromatic nitrogens is 4. The lowest BCUT2D eigenvalue weighted by molar-refractivity contribution is 0.681. The molecule has 2 aromatic rings. The van der Waals surface area contributed by atoms with Gasteiger partial charge in [-0.2, -0.15) is 0 Å². The summed E-state index contributed by atoms with van der Waals surface area (Å²) < 4.78 is 2.03. The lowest BCUT2D eigenvalue weighted by Gasteiger charge is -2.06. The molecule has 2 aromatic heterocycles. The highest BCUT2D eigenvalue weighted by molar-refractivity contribution is 6.29. The summed E-state index contributed by atoms with van der Waals surface area (Å²) in [5.74, 6) is 0.635. The van der Waals surface area contributed by atoms with E-state index in [2.05, 4.69) is 21.9 Å². The van der Waals surface area contributed by atoms with Gasteiger partial charge in [0.1, 0.15) is 10.8 Å². The van der Waals surface area contributed by atoms with Crippen molar-refractivity contribution in [1.82, 2.24) is 19.5 Å². The second-order valence-corrected chi connectivity index (χ2v) is 4.02. The van der Waals surface area contributed by atoms with E-state index < -0.39 is 0 Å². The van der Waals surface area contributed by atoms with Crippen molar-refractivity contribution in [2.24, 2.45) is 0 Å². The van der Waals surface area contributed by atoms with Crippen molar-refractivity contribution in [3.8, 4) is 11.5 Å². The van der Waals surface area contributed by atoms with Crippen LogP contribution in [0.25, 0.3) is 11.5 Å². The first-order valence-electron chi connectivity index (χ1n) is 5.22. The van der Waals surface area contributed by atoms with Crippen molar-refractivity contribution in [1.29, 1.82) is 0 Å². The first-order valence-corrected chi connectivity index (χ1v) is 5.60. The number of hydrogen-bond donors (Lipinski definition) is 0. The SMILES string of the molecule is CCCn1cncc1-c1nc(C)cc(Cl)n1. The first-order chi connectivity index (χ1) is 7.70. The molecule has 0 unspecified atom stereocenters. The van der Waals surface area contributed by atoms with Crippen LogP contribution in [0.15, 0.2) is 18.6 Å². The predicted molar refractivity (Wildman–Crippen MR) is 63.3 cm³/mol. The number of hydrogen-bond acceptors (Lipinski definition) is 3. The summed E-state index contributed by atoms with van der Waals surface area (Å²) in [7, 11) is 0. The van der Waals surface area contributed by atoms with Crippen molar-refractivity contribution in [3.05, 3.63) is 29.4 Å². The lowest BCUT2D eigenvalue weighted by Crippen LogP contribution is -2.01. The third-order valence-corrected chi connectivity index (χ3v) is 2.42. The van der Waals surface area contributed by atoms with E-state index in [-0.39, 0.29) is 0 Å². The Bertz CT molecular complexity index is 472. The molecule has 2 heterocycles. The van der Waals surface area contributed by atoms with E-state index in [9.17, 15) is 0 Å². The van der Waals surface area contributed by atoms with Crippen molar-refractivity contribution in [2.75, 3.05) is 0 Å². The maximum Gasteiger partial charge on any atom is 0.179 e. The van der Waals surface area contributed by atoms with Gasteiger partial charge in [0.25, 0.3) is 0 Å². The standard InChI is InChI=1S/C11H13ClN4/c1-3-4-16-7-13-6-9(16)11-14-8(2)5-10(12)15-11/h5-7H,3-4H2,1-2H3. The zero-order valence-corrected chi connectivity index (χ0v) is 10.1. The summed E-state index contributed by atoms with van der Waals surface area (Å²) in [6.07, 6.45) is 4.60. The Morgan fingerprint density at radius 3 is 2.88 bits per heavy atom. The molecule has 0 aliphatic heterocycles. The summed E-state index contributed by atoms with van der Waals surface area (Å²) in [5.41, 5.74) is 1.77. The van der Waals surface area contributed by atoms with Crippen LogP contribution in [0, 0.1) is 6.92 Å². The smallest absolute Gasteiger partial charge is 0.179 e. The predicted octanol–water partition coefficient (Wildman–Crippen LogP) is 2.71. The van der Waals surface area contributed by atoms with Crippen LogP contribution < -0.4 is 0 Å². The Morgan fingerprint density at radius 2 is 2.19 bits per heavy atom. The molecule has 84 valence electrons. The normalized spacial score (nSPS) is 10.7. The molecular formula is C11H13ClN4. The molecule has 0 N–H and O–H groups in total. The minimum atomic E-state index is 0.465.